The topological polar surface area (TPSA) is 129 Å². The maximum atomic E-state index is 13.1. The van der Waals surface area contributed by atoms with Gasteiger partial charge in [-0.2, -0.15) is 13.2 Å². The van der Waals surface area contributed by atoms with Gasteiger partial charge in [0.15, 0.2) is 0 Å². The van der Waals surface area contributed by atoms with Crippen LogP contribution in [0.15, 0.2) is 15.8 Å². The van der Waals surface area contributed by atoms with Gasteiger partial charge in [-0.3, -0.25) is 23.4 Å². The normalized spacial score (nSPS) is 22.7. The molecule has 0 amide bonds. The zero-order valence-corrected chi connectivity index (χ0v) is 18.8. The number of aromatic amines is 1. The SMILES string of the molecule is C#CCO[C@H]1C[C@H](n2cc(C(F)(F)F)c(=O)[nH]c2=O)O[C@@H]1COP(=O)(O)OCCCCCC. The molecule has 1 unspecified atom stereocenters. The first kappa shape index (κ1) is 27.3. The highest BCUT2D eigenvalue weighted by molar-refractivity contribution is 7.47. The van der Waals surface area contributed by atoms with E-state index in [9.17, 15) is 32.2 Å². The fourth-order valence-electron chi connectivity index (χ4n) is 3.17. The first-order valence-electron chi connectivity index (χ1n) is 10.2. The summed E-state index contributed by atoms with van der Waals surface area (Å²) in [5.74, 6) is 2.22. The Morgan fingerprint density at radius 2 is 2.06 bits per heavy atom. The van der Waals surface area contributed by atoms with E-state index in [1.807, 2.05) is 6.92 Å². The van der Waals surface area contributed by atoms with Gasteiger partial charge >= 0.3 is 19.7 Å². The molecule has 1 saturated heterocycles. The van der Waals surface area contributed by atoms with Crippen LogP contribution in [0.2, 0.25) is 0 Å². The van der Waals surface area contributed by atoms with Crippen molar-refractivity contribution in [1.82, 2.24) is 9.55 Å². The van der Waals surface area contributed by atoms with Crippen molar-refractivity contribution in [3.05, 3.63) is 32.6 Å². The van der Waals surface area contributed by atoms with Gasteiger partial charge in [-0.1, -0.05) is 32.1 Å². The standard InChI is InChI=1S/C19H26F3N2O8P/c1-3-5-6-7-9-30-33(27,28)31-12-15-14(29-8-4-2)10-16(32-15)24-11-13(19(20,21)22)17(25)23-18(24)26/h2,11,14-16H,3,5-10,12H2,1H3,(H,27,28)(H,23,25,26)/t14-,15+,16+/m0/s1. The number of hydrogen-bond donors (Lipinski definition) is 2. The van der Waals surface area contributed by atoms with Gasteiger partial charge in [0, 0.05) is 12.6 Å². The molecular weight excluding hydrogens is 472 g/mol. The average molecular weight is 498 g/mol. The van der Waals surface area contributed by atoms with Crippen LogP contribution in [0.4, 0.5) is 13.2 Å². The van der Waals surface area contributed by atoms with E-state index in [-0.39, 0.29) is 19.6 Å². The molecule has 14 heteroatoms. The summed E-state index contributed by atoms with van der Waals surface area (Å²) in [6, 6.07) is 0. The third kappa shape index (κ3) is 8.10. The van der Waals surface area contributed by atoms with Crippen molar-refractivity contribution in [2.75, 3.05) is 19.8 Å². The van der Waals surface area contributed by atoms with Crippen LogP contribution < -0.4 is 11.2 Å². The zero-order chi connectivity index (χ0) is 24.6. The van der Waals surface area contributed by atoms with Crippen molar-refractivity contribution in [3.63, 3.8) is 0 Å². The van der Waals surface area contributed by atoms with Crippen LogP contribution in [-0.2, 0) is 29.3 Å². The molecule has 0 aliphatic carbocycles. The number of phosphoric ester groups is 1. The number of H-pyrrole nitrogens is 1. The maximum Gasteiger partial charge on any atom is 0.472 e. The van der Waals surface area contributed by atoms with Gasteiger partial charge in [0.1, 0.15) is 24.5 Å². The summed E-state index contributed by atoms with van der Waals surface area (Å²) in [4.78, 5) is 35.0. The minimum absolute atomic E-state index is 0.00589. The summed E-state index contributed by atoms with van der Waals surface area (Å²) >= 11 is 0. The Balaban J connectivity index is 2.11. The van der Waals surface area contributed by atoms with Gasteiger partial charge < -0.3 is 14.4 Å². The van der Waals surface area contributed by atoms with E-state index in [4.69, 9.17) is 24.9 Å². The third-order valence-corrected chi connectivity index (χ3v) is 5.78. The number of rotatable bonds is 12. The zero-order valence-electron chi connectivity index (χ0n) is 17.9. The van der Waals surface area contributed by atoms with E-state index in [1.165, 1.54) is 0 Å². The number of terminal acetylenes is 1. The molecular formula is C19H26F3N2O8P. The molecule has 0 bridgehead atoms. The molecule has 33 heavy (non-hydrogen) atoms. The highest BCUT2D eigenvalue weighted by atomic mass is 31.2. The summed E-state index contributed by atoms with van der Waals surface area (Å²) in [5, 5.41) is 0. The lowest BCUT2D eigenvalue weighted by Crippen LogP contribution is -2.36. The Labute approximate surface area is 187 Å². The van der Waals surface area contributed by atoms with Crippen molar-refractivity contribution in [2.45, 2.75) is 63.6 Å². The Morgan fingerprint density at radius 1 is 1.33 bits per heavy atom. The summed E-state index contributed by atoms with van der Waals surface area (Å²) in [5.41, 5.74) is -4.29. The fraction of sp³-hybridized carbons (Fsp3) is 0.684. The first-order chi connectivity index (χ1) is 15.5. The largest absolute Gasteiger partial charge is 0.472 e. The second-order valence-corrected chi connectivity index (χ2v) is 8.74. The minimum atomic E-state index is -5.00. The van der Waals surface area contributed by atoms with Crippen molar-refractivity contribution in [1.29, 1.82) is 0 Å². The Kier molecular flexibility index (Phi) is 9.90. The molecule has 186 valence electrons. The minimum Gasteiger partial charge on any atom is -0.363 e. The predicted octanol–water partition coefficient (Wildman–Crippen LogP) is 2.58. The lowest BCUT2D eigenvalue weighted by molar-refractivity contribution is -0.139. The molecule has 2 heterocycles. The molecule has 1 aliphatic rings. The summed E-state index contributed by atoms with van der Waals surface area (Å²) in [7, 11) is -4.42. The van der Waals surface area contributed by atoms with Crippen LogP contribution >= 0.6 is 7.82 Å². The van der Waals surface area contributed by atoms with Crippen LogP contribution in [-0.4, -0.2) is 46.5 Å². The van der Waals surface area contributed by atoms with Crippen LogP contribution in [0.25, 0.3) is 0 Å². The van der Waals surface area contributed by atoms with E-state index in [2.05, 4.69) is 5.92 Å². The Morgan fingerprint density at radius 3 is 2.70 bits per heavy atom. The van der Waals surface area contributed by atoms with Crippen molar-refractivity contribution < 1.29 is 41.2 Å². The molecule has 0 spiro atoms. The number of nitrogens with zero attached hydrogens (tertiary/aromatic N) is 1. The molecule has 2 rings (SSSR count). The van der Waals surface area contributed by atoms with E-state index in [0.29, 0.717) is 17.2 Å². The molecule has 1 fully saturated rings. The number of hydrogen-bond acceptors (Lipinski definition) is 7. The lowest BCUT2D eigenvalue weighted by Gasteiger charge is -2.20. The van der Waals surface area contributed by atoms with Crippen molar-refractivity contribution in [3.8, 4) is 12.3 Å². The summed E-state index contributed by atoms with van der Waals surface area (Å²) in [6.07, 6.45) is 0.498. The van der Waals surface area contributed by atoms with Crippen LogP contribution in [0.5, 0.6) is 0 Å². The summed E-state index contributed by atoms with van der Waals surface area (Å²) in [6.45, 7) is 1.32. The average Bonchev–Trinajstić information content (AvgIpc) is 3.12. The van der Waals surface area contributed by atoms with Crippen molar-refractivity contribution in [2.24, 2.45) is 0 Å². The number of phosphoric acid groups is 1. The van der Waals surface area contributed by atoms with Gasteiger partial charge in [-0.25, -0.2) is 9.36 Å². The highest BCUT2D eigenvalue weighted by Gasteiger charge is 2.41. The molecule has 4 atom stereocenters. The van der Waals surface area contributed by atoms with E-state index in [1.54, 1.807) is 4.98 Å². The highest BCUT2D eigenvalue weighted by Crippen LogP contribution is 2.44. The Bertz CT molecular complexity index is 987. The Hall–Kier alpha value is -1.94. The number of nitrogens with one attached hydrogen (secondary N) is 1. The van der Waals surface area contributed by atoms with Gasteiger partial charge in [0.25, 0.3) is 5.56 Å². The number of ether oxygens (including phenoxy) is 2. The summed E-state index contributed by atoms with van der Waals surface area (Å²) < 4.78 is 72.7. The molecule has 1 aromatic rings. The molecule has 2 N–H and O–H groups in total. The smallest absolute Gasteiger partial charge is 0.363 e. The number of alkyl halides is 3. The second kappa shape index (κ2) is 12.0. The fourth-order valence-corrected chi connectivity index (χ4v) is 3.94. The van der Waals surface area contributed by atoms with Gasteiger partial charge in [0.2, 0.25) is 0 Å². The van der Waals surface area contributed by atoms with Gasteiger partial charge in [-0.15, -0.1) is 6.42 Å². The number of halogens is 3. The second-order valence-electron chi connectivity index (χ2n) is 7.28. The molecule has 10 nitrogen and oxygen atoms in total. The lowest BCUT2D eigenvalue weighted by atomic mass is 10.2. The number of unbranched alkanes of at least 4 members (excludes halogenated alkanes) is 3. The van der Waals surface area contributed by atoms with Crippen LogP contribution in [0.1, 0.15) is 50.8 Å². The van der Waals surface area contributed by atoms with Gasteiger partial charge in [-0.05, 0) is 6.42 Å². The molecule has 0 radical (unpaired) electrons. The van der Waals surface area contributed by atoms with Crippen LogP contribution in [0, 0.1) is 12.3 Å². The van der Waals surface area contributed by atoms with E-state index < -0.39 is 55.9 Å². The van der Waals surface area contributed by atoms with Crippen LogP contribution in [0.3, 0.4) is 0 Å². The van der Waals surface area contributed by atoms with E-state index in [0.717, 1.165) is 19.3 Å². The van der Waals surface area contributed by atoms with Crippen molar-refractivity contribution >= 4 is 7.82 Å². The van der Waals surface area contributed by atoms with Gasteiger partial charge in [0.05, 0.1) is 19.3 Å². The molecule has 0 saturated carbocycles. The first-order valence-corrected chi connectivity index (χ1v) is 11.7. The third-order valence-electron chi connectivity index (χ3n) is 4.80. The van der Waals surface area contributed by atoms with E-state index >= 15 is 0 Å². The molecule has 1 aliphatic heterocycles. The maximum absolute atomic E-state index is 13.1. The number of aromatic nitrogens is 2. The molecule has 1 aromatic heterocycles. The monoisotopic (exact) mass is 498 g/mol. The predicted molar refractivity (Wildman–Crippen MR) is 109 cm³/mol. The quantitative estimate of drug-likeness (QED) is 0.256. The molecule has 0 aromatic carbocycles.